The third-order valence-corrected chi connectivity index (χ3v) is 5.91. The minimum atomic E-state index is -4.80. The zero-order valence-corrected chi connectivity index (χ0v) is 18.3. The third-order valence-electron chi connectivity index (χ3n) is 4.81. The zero-order chi connectivity index (χ0) is 25.5. The van der Waals surface area contributed by atoms with E-state index in [0.29, 0.717) is 16.9 Å². The lowest BCUT2D eigenvalue weighted by Crippen LogP contribution is -2.18. The number of carbonyl (C=O) groups is 2. The number of methoxy groups -OCH3 is 1. The zero-order valence-electron chi connectivity index (χ0n) is 17.5. The number of aromatic nitrogens is 3. The van der Waals surface area contributed by atoms with Crippen LogP contribution in [0.4, 0.5) is 24.5 Å². The summed E-state index contributed by atoms with van der Waals surface area (Å²) in [6.07, 6.45) is -4.80. The Hall–Kier alpha value is -4.53. The third kappa shape index (κ3) is 4.23. The maximum absolute atomic E-state index is 13.6. The summed E-state index contributed by atoms with van der Waals surface area (Å²) in [7, 11) is 1.11. The van der Waals surface area contributed by atoms with Gasteiger partial charge in [0.05, 0.1) is 17.7 Å². The summed E-state index contributed by atoms with van der Waals surface area (Å²) in [5.41, 5.74) is 2.94. The Morgan fingerprint density at radius 2 is 1.94 bits per heavy atom. The van der Waals surface area contributed by atoms with Crippen LogP contribution in [0.25, 0.3) is 21.3 Å². The van der Waals surface area contributed by atoms with E-state index in [1.165, 1.54) is 12.1 Å². The number of pyridine rings is 1. The van der Waals surface area contributed by atoms with Gasteiger partial charge < -0.3 is 15.8 Å². The minimum absolute atomic E-state index is 0.00508. The van der Waals surface area contributed by atoms with E-state index in [1.807, 2.05) is 0 Å². The number of ether oxygens (including phenoxy) is 1. The Labute approximate surface area is 196 Å². The Morgan fingerprint density at radius 1 is 1.26 bits per heavy atom. The lowest BCUT2D eigenvalue weighted by atomic mass is 10.0. The van der Waals surface area contributed by atoms with Crippen LogP contribution in [0.2, 0.25) is 0 Å². The number of nitro groups is 1. The summed E-state index contributed by atoms with van der Waals surface area (Å²) < 4.78 is 45.5. The van der Waals surface area contributed by atoms with Crippen molar-refractivity contribution in [2.45, 2.75) is 6.18 Å². The molecule has 11 nitrogen and oxygen atoms in total. The van der Waals surface area contributed by atoms with Gasteiger partial charge in [-0.25, -0.2) is 4.98 Å². The van der Waals surface area contributed by atoms with Gasteiger partial charge in [0.2, 0.25) is 5.69 Å². The van der Waals surface area contributed by atoms with Crippen molar-refractivity contribution in [1.29, 1.82) is 0 Å². The fourth-order valence-corrected chi connectivity index (χ4v) is 4.35. The Balaban J connectivity index is 1.97. The van der Waals surface area contributed by atoms with Crippen molar-refractivity contribution in [2.75, 3.05) is 12.4 Å². The molecule has 4 N–H and O–H groups in total. The van der Waals surface area contributed by atoms with Gasteiger partial charge in [-0.2, -0.15) is 13.2 Å². The van der Waals surface area contributed by atoms with E-state index < -0.39 is 45.9 Å². The van der Waals surface area contributed by atoms with Gasteiger partial charge in [0.1, 0.15) is 15.4 Å². The highest BCUT2D eigenvalue weighted by atomic mass is 32.1. The van der Waals surface area contributed by atoms with E-state index in [1.54, 1.807) is 18.2 Å². The lowest BCUT2D eigenvalue weighted by Gasteiger charge is -2.12. The highest BCUT2D eigenvalue weighted by Gasteiger charge is 2.36. The number of primary amides is 1. The van der Waals surface area contributed by atoms with Gasteiger partial charge in [0.15, 0.2) is 0 Å². The number of H-pyrrole nitrogens is 1. The summed E-state index contributed by atoms with van der Waals surface area (Å²) in [5, 5.41) is 19.5. The molecule has 0 unspecified atom stereocenters. The molecule has 3 aromatic heterocycles. The number of aromatic amines is 1. The summed E-state index contributed by atoms with van der Waals surface area (Å²) in [4.78, 5) is 38.7. The number of amides is 2. The average Bonchev–Trinajstić information content (AvgIpc) is 3.40. The number of carbonyl (C=O) groups excluding carboxylic acids is 2. The van der Waals surface area contributed by atoms with Crippen molar-refractivity contribution in [2.24, 2.45) is 5.73 Å². The van der Waals surface area contributed by atoms with Crippen LogP contribution >= 0.6 is 11.3 Å². The molecule has 1 aromatic carbocycles. The average molecular weight is 506 g/mol. The normalized spacial score (nSPS) is 11.4. The summed E-state index contributed by atoms with van der Waals surface area (Å²) in [6, 6.07) is 8.69. The molecule has 0 bridgehead atoms. The number of rotatable bonds is 6. The number of hydrogen-bond donors (Lipinski definition) is 3. The number of fused-ring (bicyclic) bond motifs is 1. The fraction of sp³-hybridized carbons (Fsp3) is 0.100. The maximum atomic E-state index is 13.6. The molecule has 15 heteroatoms. The van der Waals surface area contributed by atoms with Gasteiger partial charge in [-0.3, -0.25) is 24.8 Å². The van der Waals surface area contributed by atoms with Crippen molar-refractivity contribution in [3.63, 3.8) is 0 Å². The molecule has 2 amide bonds. The molecule has 0 atom stereocenters. The molecule has 0 aliphatic heterocycles. The molecule has 0 saturated carbocycles. The first-order valence-corrected chi connectivity index (χ1v) is 10.3. The fourth-order valence-electron chi connectivity index (χ4n) is 3.35. The molecule has 35 heavy (non-hydrogen) atoms. The van der Waals surface area contributed by atoms with Crippen molar-refractivity contribution in [1.82, 2.24) is 15.2 Å². The van der Waals surface area contributed by atoms with Crippen molar-refractivity contribution in [3.05, 3.63) is 62.8 Å². The number of nitrogens with one attached hydrogen (secondary N) is 2. The first-order valence-electron chi connectivity index (χ1n) is 9.51. The molecule has 0 aliphatic carbocycles. The van der Waals surface area contributed by atoms with Crippen molar-refractivity contribution >= 4 is 44.7 Å². The molecule has 4 aromatic rings. The Kier molecular flexibility index (Phi) is 5.86. The van der Waals surface area contributed by atoms with E-state index in [9.17, 15) is 32.9 Å². The number of benzene rings is 1. The Morgan fingerprint density at radius 3 is 2.51 bits per heavy atom. The molecule has 0 saturated heterocycles. The van der Waals surface area contributed by atoms with Crippen molar-refractivity contribution in [3.8, 4) is 17.0 Å². The lowest BCUT2D eigenvalue weighted by molar-refractivity contribution is -0.386. The summed E-state index contributed by atoms with van der Waals surface area (Å²) in [5.74, 6) is -2.62. The highest BCUT2D eigenvalue weighted by Crippen LogP contribution is 2.44. The van der Waals surface area contributed by atoms with Crippen LogP contribution in [0.5, 0.6) is 5.88 Å². The highest BCUT2D eigenvalue weighted by molar-refractivity contribution is 7.21. The molecule has 4 rings (SSSR count). The standard InChI is InChI=1S/C20H13F3N6O5S/c1-34-18-14(29(32)33)13(27-28-18)17(31)26-12-11-9(8-5-3-2-4-6-8)7-10(20(21,22)23)25-19(11)35-15(12)16(24)30/h2-7H,1H3,(H2,24,30)(H,26,31)(H,27,28). The molecule has 0 radical (unpaired) electrons. The Bertz CT molecular complexity index is 1480. The number of alkyl halides is 3. The minimum Gasteiger partial charge on any atom is -0.475 e. The first kappa shape index (κ1) is 23.6. The molecular formula is C20H13F3N6O5S. The summed E-state index contributed by atoms with van der Waals surface area (Å²) in [6.45, 7) is 0. The maximum Gasteiger partial charge on any atom is 0.433 e. The van der Waals surface area contributed by atoms with Crippen LogP contribution in [0.15, 0.2) is 36.4 Å². The largest absolute Gasteiger partial charge is 0.475 e. The number of nitrogens with zero attached hydrogens (tertiary/aromatic N) is 3. The topological polar surface area (TPSA) is 166 Å². The van der Waals surface area contributed by atoms with Crippen LogP contribution in [-0.2, 0) is 6.18 Å². The first-order chi connectivity index (χ1) is 16.5. The molecular weight excluding hydrogens is 493 g/mol. The smallest absolute Gasteiger partial charge is 0.433 e. The number of thiophene rings is 1. The van der Waals surface area contributed by atoms with Gasteiger partial charge in [0.25, 0.3) is 11.8 Å². The van der Waals surface area contributed by atoms with E-state index in [4.69, 9.17) is 10.5 Å². The number of anilines is 1. The SMILES string of the molecule is COc1n[nH]c(C(=O)Nc2c(C(N)=O)sc3nc(C(F)(F)F)cc(-c4ccccc4)c23)c1[N+](=O)[O-]. The van der Waals surface area contributed by atoms with Crippen LogP contribution in [0.3, 0.4) is 0 Å². The predicted octanol–water partition coefficient (Wildman–Crippen LogP) is 3.97. The van der Waals surface area contributed by atoms with E-state index in [0.717, 1.165) is 13.2 Å². The molecule has 0 spiro atoms. The monoisotopic (exact) mass is 506 g/mol. The van der Waals surface area contributed by atoms with Gasteiger partial charge in [-0.05, 0) is 17.2 Å². The second-order valence-corrected chi connectivity index (χ2v) is 7.94. The summed E-state index contributed by atoms with van der Waals surface area (Å²) >= 11 is 0.544. The number of hydrogen-bond acceptors (Lipinski definition) is 8. The van der Waals surface area contributed by atoms with E-state index in [-0.39, 0.29) is 26.3 Å². The predicted molar refractivity (Wildman–Crippen MR) is 118 cm³/mol. The van der Waals surface area contributed by atoms with Gasteiger partial charge in [-0.15, -0.1) is 16.4 Å². The molecule has 0 aliphatic rings. The van der Waals surface area contributed by atoms with Gasteiger partial charge >= 0.3 is 17.7 Å². The van der Waals surface area contributed by atoms with Crippen LogP contribution in [0, 0.1) is 10.1 Å². The molecule has 0 fully saturated rings. The van der Waals surface area contributed by atoms with Crippen LogP contribution < -0.4 is 15.8 Å². The number of nitrogens with two attached hydrogens (primary N) is 1. The molecule has 3 heterocycles. The van der Waals surface area contributed by atoms with E-state index >= 15 is 0 Å². The van der Waals surface area contributed by atoms with Gasteiger partial charge in [0, 0.05) is 5.39 Å². The van der Waals surface area contributed by atoms with Crippen LogP contribution in [-0.4, -0.2) is 39.0 Å². The van der Waals surface area contributed by atoms with Crippen LogP contribution in [0.1, 0.15) is 25.9 Å². The second kappa shape index (κ2) is 8.68. The van der Waals surface area contributed by atoms with Gasteiger partial charge in [-0.1, -0.05) is 30.3 Å². The number of halogens is 3. The molecule has 180 valence electrons. The quantitative estimate of drug-likeness (QED) is 0.263. The van der Waals surface area contributed by atoms with Crippen molar-refractivity contribution < 1.29 is 32.4 Å². The van der Waals surface area contributed by atoms with E-state index in [2.05, 4.69) is 20.5 Å². The second-order valence-electron chi connectivity index (χ2n) is 6.94.